The number of benzene rings is 2. The summed E-state index contributed by atoms with van der Waals surface area (Å²) in [6.07, 6.45) is 0.823. The predicted octanol–water partition coefficient (Wildman–Crippen LogP) is 4.45. The molecular formula is C24H21NO5. The van der Waals surface area contributed by atoms with E-state index in [9.17, 15) is 9.59 Å². The average Bonchev–Trinajstić information content (AvgIpc) is 3.26. The second-order valence-electron chi connectivity index (χ2n) is 6.94. The fourth-order valence-corrected chi connectivity index (χ4v) is 3.29. The third-order valence-corrected chi connectivity index (χ3v) is 4.80. The van der Waals surface area contributed by atoms with Crippen LogP contribution in [0.25, 0.3) is 22.1 Å². The lowest BCUT2D eigenvalue weighted by Gasteiger charge is -2.15. The number of aryl methyl sites for hydroxylation is 1. The van der Waals surface area contributed by atoms with E-state index in [4.69, 9.17) is 13.6 Å². The smallest absolute Gasteiger partial charge is 0.261 e. The molecule has 0 spiro atoms. The quantitative estimate of drug-likeness (QED) is 0.515. The lowest BCUT2D eigenvalue weighted by Crippen LogP contribution is -2.35. The van der Waals surface area contributed by atoms with E-state index in [1.165, 1.54) is 0 Å². The van der Waals surface area contributed by atoms with E-state index in [-0.39, 0.29) is 17.9 Å². The summed E-state index contributed by atoms with van der Waals surface area (Å²) in [5, 5.41) is 3.21. The van der Waals surface area contributed by atoms with E-state index < -0.39 is 6.10 Å². The number of nitrogens with one attached hydrogen (secondary N) is 1. The van der Waals surface area contributed by atoms with Crippen LogP contribution in [0.3, 0.4) is 0 Å². The molecule has 1 atom stereocenters. The third-order valence-electron chi connectivity index (χ3n) is 4.80. The Morgan fingerprint density at radius 2 is 1.90 bits per heavy atom. The monoisotopic (exact) mass is 403 g/mol. The highest BCUT2D eigenvalue weighted by Gasteiger charge is 2.17. The molecule has 1 N–H and O–H groups in total. The number of furan rings is 1. The van der Waals surface area contributed by atoms with Gasteiger partial charge >= 0.3 is 0 Å². The zero-order valence-electron chi connectivity index (χ0n) is 16.7. The van der Waals surface area contributed by atoms with Crippen LogP contribution in [0, 0.1) is 6.92 Å². The van der Waals surface area contributed by atoms with Crippen molar-refractivity contribution in [1.82, 2.24) is 5.32 Å². The maximum atomic E-state index is 13.0. The maximum absolute atomic E-state index is 13.0. The molecule has 0 aliphatic rings. The van der Waals surface area contributed by atoms with Gasteiger partial charge in [-0.3, -0.25) is 9.59 Å². The number of fused-ring (bicyclic) bond motifs is 1. The molecule has 2 aromatic heterocycles. The van der Waals surface area contributed by atoms with Crippen LogP contribution in [-0.2, 0) is 11.3 Å². The molecule has 0 fully saturated rings. The summed E-state index contributed by atoms with van der Waals surface area (Å²) < 4.78 is 16.9. The Hall–Kier alpha value is -3.80. The Morgan fingerprint density at radius 1 is 1.10 bits per heavy atom. The van der Waals surface area contributed by atoms with Gasteiger partial charge in [-0.25, -0.2) is 0 Å². The molecule has 2 heterocycles. The first-order chi connectivity index (χ1) is 14.5. The number of rotatable bonds is 6. The molecule has 6 nitrogen and oxygen atoms in total. The van der Waals surface area contributed by atoms with Gasteiger partial charge < -0.3 is 18.9 Å². The molecule has 0 radical (unpaired) electrons. The number of ether oxygens (including phenoxy) is 1. The molecule has 152 valence electrons. The Morgan fingerprint density at radius 3 is 2.63 bits per heavy atom. The lowest BCUT2D eigenvalue weighted by atomic mass is 10.0. The minimum absolute atomic E-state index is 0.101. The van der Waals surface area contributed by atoms with Crippen molar-refractivity contribution in [2.45, 2.75) is 26.5 Å². The van der Waals surface area contributed by atoms with Crippen LogP contribution in [-0.4, -0.2) is 12.0 Å². The van der Waals surface area contributed by atoms with E-state index in [2.05, 4.69) is 5.32 Å². The predicted molar refractivity (Wildman–Crippen MR) is 113 cm³/mol. The fourth-order valence-electron chi connectivity index (χ4n) is 3.29. The van der Waals surface area contributed by atoms with E-state index in [0.29, 0.717) is 33.8 Å². The highest BCUT2D eigenvalue weighted by molar-refractivity contribution is 5.84. The first-order valence-corrected chi connectivity index (χ1v) is 9.62. The third kappa shape index (κ3) is 3.98. The molecule has 2 aromatic carbocycles. The summed E-state index contributed by atoms with van der Waals surface area (Å²) in [5.74, 6) is 1.36. The number of amides is 1. The van der Waals surface area contributed by atoms with Crippen molar-refractivity contribution in [3.05, 3.63) is 88.7 Å². The van der Waals surface area contributed by atoms with Crippen molar-refractivity contribution in [2.75, 3.05) is 0 Å². The van der Waals surface area contributed by atoms with Gasteiger partial charge in [-0.05, 0) is 43.7 Å². The van der Waals surface area contributed by atoms with Gasteiger partial charge in [-0.2, -0.15) is 0 Å². The van der Waals surface area contributed by atoms with Gasteiger partial charge in [0.15, 0.2) is 6.10 Å². The molecule has 0 bridgehead atoms. The Labute approximate surface area is 173 Å². The molecule has 1 amide bonds. The average molecular weight is 403 g/mol. The summed E-state index contributed by atoms with van der Waals surface area (Å²) in [4.78, 5) is 25.3. The highest BCUT2D eigenvalue weighted by atomic mass is 16.5. The first-order valence-electron chi connectivity index (χ1n) is 9.62. The van der Waals surface area contributed by atoms with Gasteiger partial charge in [0.25, 0.3) is 5.91 Å². The number of carbonyl (C=O) groups excluding carboxylic acids is 1. The number of carbonyl (C=O) groups is 1. The highest BCUT2D eigenvalue weighted by Crippen LogP contribution is 2.26. The van der Waals surface area contributed by atoms with Crippen molar-refractivity contribution < 1.29 is 18.4 Å². The largest absolute Gasteiger partial charge is 0.481 e. The minimum atomic E-state index is -0.728. The van der Waals surface area contributed by atoms with E-state index in [0.717, 1.165) is 5.56 Å². The van der Waals surface area contributed by atoms with Gasteiger partial charge in [-0.15, -0.1) is 0 Å². The standard InChI is InChI=1S/C24H21NO5/c1-15-22(17-7-4-3-5-8-17)23(26)20-11-10-18(13-21(20)30-15)29-16(2)24(27)25-14-19-9-6-12-28-19/h3-13,16H,14H2,1-2H3,(H,25,27)/t16-/m0/s1. The Balaban J connectivity index is 1.55. The molecule has 0 aliphatic heterocycles. The summed E-state index contributed by atoms with van der Waals surface area (Å²) >= 11 is 0. The second-order valence-corrected chi connectivity index (χ2v) is 6.94. The molecule has 0 saturated carbocycles. The van der Waals surface area contributed by atoms with Crippen LogP contribution < -0.4 is 15.5 Å². The SMILES string of the molecule is Cc1oc2cc(O[C@@H](C)C(=O)NCc3ccco3)ccc2c(=O)c1-c1ccccc1. The van der Waals surface area contributed by atoms with Gasteiger partial charge in [-0.1, -0.05) is 30.3 Å². The molecule has 0 aliphatic carbocycles. The summed E-state index contributed by atoms with van der Waals surface area (Å²) in [6.45, 7) is 3.70. The van der Waals surface area contributed by atoms with E-state index in [1.54, 1.807) is 50.4 Å². The van der Waals surface area contributed by atoms with Crippen molar-refractivity contribution >= 4 is 16.9 Å². The van der Waals surface area contributed by atoms with Crippen molar-refractivity contribution in [2.24, 2.45) is 0 Å². The summed E-state index contributed by atoms with van der Waals surface area (Å²) in [7, 11) is 0. The van der Waals surface area contributed by atoms with Gasteiger partial charge in [0, 0.05) is 6.07 Å². The van der Waals surface area contributed by atoms with Crippen LogP contribution in [0.15, 0.2) is 80.6 Å². The van der Waals surface area contributed by atoms with Crippen LogP contribution >= 0.6 is 0 Å². The normalized spacial score (nSPS) is 11.9. The van der Waals surface area contributed by atoms with Crippen LogP contribution in [0.1, 0.15) is 18.4 Å². The van der Waals surface area contributed by atoms with Crippen LogP contribution in [0.2, 0.25) is 0 Å². The number of hydrogen-bond donors (Lipinski definition) is 1. The molecule has 4 aromatic rings. The molecular weight excluding hydrogens is 382 g/mol. The zero-order chi connectivity index (χ0) is 21.1. The van der Waals surface area contributed by atoms with Crippen LogP contribution in [0.4, 0.5) is 0 Å². The molecule has 0 unspecified atom stereocenters. The second kappa shape index (κ2) is 8.29. The van der Waals surface area contributed by atoms with Gasteiger partial charge in [0.2, 0.25) is 5.43 Å². The van der Waals surface area contributed by atoms with E-state index in [1.807, 2.05) is 30.3 Å². The van der Waals surface area contributed by atoms with Crippen molar-refractivity contribution in [3.63, 3.8) is 0 Å². The van der Waals surface area contributed by atoms with Gasteiger partial charge in [0.05, 0.1) is 23.8 Å². The Kier molecular flexibility index (Phi) is 5.39. The topological polar surface area (TPSA) is 81.7 Å². The first kappa shape index (κ1) is 19.5. The Bertz CT molecular complexity index is 1230. The fraction of sp³-hybridized carbons (Fsp3) is 0.167. The van der Waals surface area contributed by atoms with E-state index >= 15 is 0 Å². The maximum Gasteiger partial charge on any atom is 0.261 e. The van der Waals surface area contributed by atoms with Crippen molar-refractivity contribution in [1.29, 1.82) is 0 Å². The van der Waals surface area contributed by atoms with Gasteiger partial charge in [0.1, 0.15) is 22.9 Å². The summed E-state index contributed by atoms with van der Waals surface area (Å²) in [5.41, 5.74) is 1.67. The zero-order valence-corrected chi connectivity index (χ0v) is 16.7. The number of hydrogen-bond acceptors (Lipinski definition) is 5. The molecule has 6 heteroatoms. The lowest BCUT2D eigenvalue weighted by molar-refractivity contribution is -0.127. The molecule has 30 heavy (non-hydrogen) atoms. The minimum Gasteiger partial charge on any atom is -0.481 e. The molecule has 4 rings (SSSR count). The molecule has 0 saturated heterocycles. The van der Waals surface area contributed by atoms with Crippen LogP contribution in [0.5, 0.6) is 5.75 Å². The summed E-state index contributed by atoms with van der Waals surface area (Å²) in [6, 6.07) is 17.9. The van der Waals surface area contributed by atoms with Crippen molar-refractivity contribution in [3.8, 4) is 16.9 Å².